The summed E-state index contributed by atoms with van der Waals surface area (Å²) in [5.74, 6) is 0.850. The van der Waals surface area contributed by atoms with Crippen LogP contribution in [-0.4, -0.2) is 16.5 Å². The zero-order valence-electron chi connectivity index (χ0n) is 10.2. The average Bonchev–Trinajstić information content (AvgIpc) is 2.38. The summed E-state index contributed by atoms with van der Waals surface area (Å²) in [5, 5.41) is 9.28. The van der Waals surface area contributed by atoms with Crippen molar-refractivity contribution in [3.63, 3.8) is 0 Å². The van der Waals surface area contributed by atoms with E-state index in [-0.39, 0.29) is 5.92 Å². The first kappa shape index (κ1) is 10.9. The molecule has 0 aliphatic carbocycles. The van der Waals surface area contributed by atoms with Gasteiger partial charge >= 0.3 is 0 Å². The first-order valence-electron chi connectivity index (χ1n) is 6.00. The second kappa shape index (κ2) is 4.22. The molecule has 1 aromatic carbocycles. The second-order valence-corrected chi connectivity index (χ2v) is 4.57. The number of hydrogen-bond donors (Lipinski definition) is 1. The molecule has 90 valence electrons. The first-order valence-corrected chi connectivity index (χ1v) is 6.00. The highest BCUT2D eigenvalue weighted by Gasteiger charge is 2.19. The lowest BCUT2D eigenvalue weighted by atomic mass is 9.97. The van der Waals surface area contributed by atoms with Crippen LogP contribution in [0.5, 0.6) is 0 Å². The van der Waals surface area contributed by atoms with Crippen molar-refractivity contribution in [2.24, 2.45) is 21.9 Å². The van der Waals surface area contributed by atoms with E-state index in [2.05, 4.69) is 28.2 Å². The van der Waals surface area contributed by atoms with E-state index in [0.29, 0.717) is 5.84 Å². The van der Waals surface area contributed by atoms with Crippen molar-refractivity contribution in [3.8, 4) is 0 Å². The summed E-state index contributed by atoms with van der Waals surface area (Å²) in [4.78, 5) is 4.63. The fourth-order valence-corrected chi connectivity index (χ4v) is 2.18. The van der Waals surface area contributed by atoms with Crippen LogP contribution in [0, 0.1) is 5.92 Å². The van der Waals surface area contributed by atoms with Gasteiger partial charge in [-0.3, -0.25) is 0 Å². The van der Waals surface area contributed by atoms with Crippen LogP contribution in [0.1, 0.15) is 19.0 Å². The molecule has 0 radical (unpaired) electrons. The lowest BCUT2D eigenvalue weighted by Crippen LogP contribution is -2.25. The van der Waals surface area contributed by atoms with Gasteiger partial charge in [0.2, 0.25) is 0 Å². The average molecular weight is 238 g/mol. The van der Waals surface area contributed by atoms with Gasteiger partial charge in [0.05, 0.1) is 16.9 Å². The number of hydrogen-bond acceptors (Lipinski definition) is 4. The molecule has 2 heterocycles. The summed E-state index contributed by atoms with van der Waals surface area (Å²) >= 11 is 0. The predicted molar refractivity (Wildman–Crippen MR) is 73.7 cm³/mol. The van der Waals surface area contributed by atoms with E-state index in [0.717, 1.165) is 28.7 Å². The van der Waals surface area contributed by atoms with Gasteiger partial charge < -0.3 is 5.73 Å². The molecule has 3 rings (SSSR count). The molecule has 18 heavy (non-hydrogen) atoms. The maximum absolute atomic E-state index is 5.68. The minimum Gasteiger partial charge on any atom is -0.386 e. The van der Waals surface area contributed by atoms with Crippen LogP contribution in [0.2, 0.25) is 0 Å². The molecule has 1 aliphatic rings. The molecule has 0 saturated carbocycles. The number of rotatable bonds is 1. The Morgan fingerprint density at radius 2 is 1.94 bits per heavy atom. The van der Waals surface area contributed by atoms with E-state index in [9.17, 15) is 0 Å². The largest absolute Gasteiger partial charge is 0.386 e. The number of para-hydroxylation sites is 1. The van der Waals surface area contributed by atoms with Crippen molar-refractivity contribution < 1.29 is 0 Å². The minimum atomic E-state index is 0.260. The van der Waals surface area contributed by atoms with Gasteiger partial charge in [-0.2, -0.15) is 5.10 Å². The normalized spacial score (nSPS) is 19.5. The summed E-state index contributed by atoms with van der Waals surface area (Å²) < 4.78 is 0. The molecule has 2 aromatic rings. The van der Waals surface area contributed by atoms with Gasteiger partial charge in [-0.15, -0.1) is 5.10 Å². The molecule has 1 aliphatic heterocycles. The van der Waals surface area contributed by atoms with Gasteiger partial charge in [-0.25, -0.2) is 4.98 Å². The predicted octanol–water partition coefficient (Wildman–Crippen LogP) is 2.34. The highest BCUT2D eigenvalue weighted by Crippen LogP contribution is 2.19. The Morgan fingerprint density at radius 3 is 2.78 bits per heavy atom. The molecule has 1 unspecified atom stereocenters. The molecule has 4 nitrogen and oxygen atoms in total. The summed E-state index contributed by atoms with van der Waals surface area (Å²) in [6, 6.07) is 12.1. The maximum atomic E-state index is 5.68. The van der Waals surface area contributed by atoms with Crippen molar-refractivity contribution in [1.82, 2.24) is 4.98 Å². The van der Waals surface area contributed by atoms with Crippen LogP contribution in [-0.2, 0) is 0 Å². The topological polar surface area (TPSA) is 63.6 Å². The first-order chi connectivity index (χ1) is 8.74. The molecular formula is C14H14N4. The third kappa shape index (κ3) is 1.86. The molecule has 1 atom stereocenters. The Bertz CT molecular complexity index is 658. The zero-order chi connectivity index (χ0) is 12.5. The molecule has 0 fully saturated rings. The number of nitrogens with zero attached hydrogens (tertiary/aromatic N) is 3. The van der Waals surface area contributed by atoms with Crippen molar-refractivity contribution >= 4 is 22.5 Å². The smallest absolute Gasteiger partial charge is 0.123 e. The number of nitrogens with two attached hydrogens (primary N) is 1. The molecule has 0 spiro atoms. The van der Waals surface area contributed by atoms with Crippen molar-refractivity contribution in [1.29, 1.82) is 0 Å². The van der Waals surface area contributed by atoms with Crippen molar-refractivity contribution in [3.05, 3.63) is 42.1 Å². The number of fused-ring (bicyclic) bond motifs is 1. The van der Waals surface area contributed by atoms with Crippen LogP contribution < -0.4 is 5.73 Å². The Kier molecular flexibility index (Phi) is 2.55. The number of amidine groups is 1. The Labute approximate surface area is 105 Å². The van der Waals surface area contributed by atoms with E-state index >= 15 is 0 Å². The molecule has 1 aromatic heterocycles. The number of benzene rings is 1. The van der Waals surface area contributed by atoms with E-state index in [4.69, 9.17) is 5.73 Å². The SMILES string of the molecule is CC1CC(N)=NN=C1c1ccc2ccccc2n1. The lowest BCUT2D eigenvalue weighted by Gasteiger charge is -2.16. The molecular weight excluding hydrogens is 224 g/mol. The summed E-state index contributed by atoms with van der Waals surface area (Å²) in [5.41, 5.74) is 8.46. The van der Waals surface area contributed by atoms with Gasteiger partial charge in [0.15, 0.2) is 0 Å². The summed E-state index contributed by atoms with van der Waals surface area (Å²) in [7, 11) is 0. The quantitative estimate of drug-likeness (QED) is 0.828. The lowest BCUT2D eigenvalue weighted by molar-refractivity contribution is 0.780. The summed E-state index contributed by atoms with van der Waals surface area (Å²) in [6.45, 7) is 2.09. The fourth-order valence-electron chi connectivity index (χ4n) is 2.18. The Hall–Kier alpha value is -2.23. The molecule has 0 saturated heterocycles. The second-order valence-electron chi connectivity index (χ2n) is 4.57. The number of aromatic nitrogens is 1. The highest BCUT2D eigenvalue weighted by atomic mass is 15.2. The highest BCUT2D eigenvalue weighted by molar-refractivity contribution is 6.05. The van der Waals surface area contributed by atoms with Crippen LogP contribution >= 0.6 is 0 Å². The van der Waals surface area contributed by atoms with E-state index in [1.54, 1.807) is 0 Å². The van der Waals surface area contributed by atoms with Gasteiger partial charge in [-0.05, 0) is 12.1 Å². The fraction of sp³-hybridized carbons (Fsp3) is 0.214. The molecule has 4 heteroatoms. The van der Waals surface area contributed by atoms with E-state index < -0.39 is 0 Å². The Morgan fingerprint density at radius 1 is 1.11 bits per heavy atom. The van der Waals surface area contributed by atoms with Gasteiger partial charge in [-0.1, -0.05) is 31.2 Å². The van der Waals surface area contributed by atoms with Crippen molar-refractivity contribution in [2.75, 3.05) is 0 Å². The molecule has 0 amide bonds. The van der Waals surface area contributed by atoms with Gasteiger partial charge in [0.1, 0.15) is 5.84 Å². The standard InChI is InChI=1S/C14H14N4/c1-9-8-13(15)17-18-14(9)12-7-6-10-4-2-3-5-11(10)16-12/h2-7,9H,8H2,1H3,(H2,15,17). The van der Waals surface area contributed by atoms with Crippen LogP contribution in [0.25, 0.3) is 10.9 Å². The number of pyridine rings is 1. The zero-order valence-corrected chi connectivity index (χ0v) is 10.2. The maximum Gasteiger partial charge on any atom is 0.123 e. The molecule has 0 bridgehead atoms. The minimum absolute atomic E-state index is 0.260. The van der Waals surface area contributed by atoms with Crippen molar-refractivity contribution in [2.45, 2.75) is 13.3 Å². The van der Waals surface area contributed by atoms with Crippen LogP contribution in [0.3, 0.4) is 0 Å². The van der Waals surface area contributed by atoms with Gasteiger partial charge in [0, 0.05) is 17.7 Å². The third-order valence-electron chi connectivity index (χ3n) is 3.13. The van der Waals surface area contributed by atoms with E-state index in [1.165, 1.54) is 0 Å². The van der Waals surface area contributed by atoms with Crippen LogP contribution in [0.15, 0.2) is 46.6 Å². The molecule has 2 N–H and O–H groups in total. The van der Waals surface area contributed by atoms with Crippen LogP contribution in [0.4, 0.5) is 0 Å². The third-order valence-corrected chi connectivity index (χ3v) is 3.13. The van der Waals surface area contributed by atoms with Gasteiger partial charge in [0.25, 0.3) is 0 Å². The Balaban J connectivity index is 2.09. The van der Waals surface area contributed by atoms with E-state index in [1.807, 2.05) is 30.3 Å². The summed E-state index contributed by atoms with van der Waals surface area (Å²) in [6.07, 6.45) is 0.743. The monoisotopic (exact) mass is 238 g/mol.